The lowest BCUT2D eigenvalue weighted by Gasteiger charge is -1.97. The second-order valence-corrected chi connectivity index (χ2v) is 4.78. The Bertz CT molecular complexity index is 741. The van der Waals surface area contributed by atoms with Gasteiger partial charge in [-0.3, -0.25) is 0 Å². The van der Waals surface area contributed by atoms with Crippen LogP contribution in [0.1, 0.15) is 0 Å². The third-order valence-electron chi connectivity index (χ3n) is 2.47. The van der Waals surface area contributed by atoms with Crippen LogP contribution in [0.4, 0.5) is 10.1 Å². The first-order valence-corrected chi connectivity index (χ1v) is 5.97. The van der Waals surface area contributed by atoms with E-state index in [0.717, 1.165) is 10.2 Å². The van der Waals surface area contributed by atoms with Crippen LogP contribution in [0.15, 0.2) is 30.3 Å². The number of hydrogen-bond donors (Lipinski definition) is 2. The van der Waals surface area contributed by atoms with Crippen LogP contribution >= 0.6 is 11.3 Å². The standard InChI is InChI=1S/C12H8FN3OS/c13-11-7(14)2-4-9(15-11)12-16-8-3-1-6(17)5-10(8)18-12/h1-5,17H,14H2. The molecule has 18 heavy (non-hydrogen) atoms. The van der Waals surface area contributed by atoms with Gasteiger partial charge in [0.15, 0.2) is 0 Å². The number of hydrogen-bond acceptors (Lipinski definition) is 5. The van der Waals surface area contributed by atoms with Crippen molar-refractivity contribution < 1.29 is 9.50 Å². The third-order valence-corrected chi connectivity index (χ3v) is 3.51. The first-order chi connectivity index (χ1) is 8.63. The monoisotopic (exact) mass is 261 g/mol. The molecule has 4 nitrogen and oxygen atoms in total. The minimum absolute atomic E-state index is 0.0116. The minimum atomic E-state index is -0.699. The minimum Gasteiger partial charge on any atom is -0.508 e. The van der Waals surface area contributed by atoms with Crippen molar-refractivity contribution in [3.63, 3.8) is 0 Å². The van der Waals surface area contributed by atoms with E-state index in [1.54, 1.807) is 24.3 Å². The lowest BCUT2D eigenvalue weighted by Crippen LogP contribution is -1.94. The number of thiazole rings is 1. The Labute approximate surface area is 106 Å². The van der Waals surface area contributed by atoms with Crippen molar-refractivity contribution in [2.45, 2.75) is 0 Å². The zero-order valence-corrected chi connectivity index (χ0v) is 9.91. The molecular formula is C12H8FN3OS. The molecule has 0 saturated carbocycles. The van der Waals surface area contributed by atoms with E-state index in [2.05, 4.69) is 9.97 Å². The lowest BCUT2D eigenvalue weighted by atomic mass is 10.3. The number of benzene rings is 1. The largest absolute Gasteiger partial charge is 0.508 e. The third kappa shape index (κ3) is 1.76. The number of nitrogens with two attached hydrogens (primary N) is 1. The molecule has 90 valence electrons. The molecule has 1 aromatic carbocycles. The molecule has 0 aliphatic rings. The molecule has 0 saturated heterocycles. The molecule has 0 radical (unpaired) electrons. The normalized spacial score (nSPS) is 10.9. The predicted molar refractivity (Wildman–Crippen MR) is 68.9 cm³/mol. The van der Waals surface area contributed by atoms with Gasteiger partial charge in [0.05, 0.1) is 15.9 Å². The smallest absolute Gasteiger partial charge is 0.236 e. The number of nitrogen functional groups attached to an aromatic ring is 1. The van der Waals surface area contributed by atoms with Crippen molar-refractivity contribution >= 4 is 27.2 Å². The molecule has 0 unspecified atom stereocenters. The van der Waals surface area contributed by atoms with Gasteiger partial charge in [-0.1, -0.05) is 0 Å². The zero-order valence-electron chi connectivity index (χ0n) is 9.09. The van der Waals surface area contributed by atoms with Gasteiger partial charge in [0.25, 0.3) is 0 Å². The first-order valence-electron chi connectivity index (χ1n) is 5.15. The number of fused-ring (bicyclic) bond motifs is 1. The van der Waals surface area contributed by atoms with Gasteiger partial charge in [0.2, 0.25) is 5.95 Å². The van der Waals surface area contributed by atoms with Crippen molar-refractivity contribution in [1.82, 2.24) is 9.97 Å². The molecule has 6 heteroatoms. The van der Waals surface area contributed by atoms with Gasteiger partial charge >= 0.3 is 0 Å². The van der Waals surface area contributed by atoms with E-state index >= 15 is 0 Å². The molecule has 3 N–H and O–H groups in total. The van der Waals surface area contributed by atoms with Crippen LogP contribution in [0.5, 0.6) is 5.75 Å². The van der Waals surface area contributed by atoms with Crippen LogP contribution in [0.2, 0.25) is 0 Å². The number of rotatable bonds is 1. The number of pyridine rings is 1. The van der Waals surface area contributed by atoms with Gasteiger partial charge in [0, 0.05) is 0 Å². The molecule has 0 amide bonds. The molecule has 0 bridgehead atoms. The van der Waals surface area contributed by atoms with Gasteiger partial charge < -0.3 is 10.8 Å². The highest BCUT2D eigenvalue weighted by Gasteiger charge is 2.10. The second kappa shape index (κ2) is 3.92. The summed E-state index contributed by atoms with van der Waals surface area (Å²) >= 11 is 1.34. The molecule has 0 fully saturated rings. The Kier molecular flexibility index (Phi) is 2.38. The van der Waals surface area contributed by atoms with Crippen LogP contribution in [0.25, 0.3) is 20.9 Å². The fourth-order valence-electron chi connectivity index (χ4n) is 1.59. The highest BCUT2D eigenvalue weighted by Crippen LogP contribution is 2.31. The van der Waals surface area contributed by atoms with Gasteiger partial charge in [0.1, 0.15) is 16.5 Å². The van der Waals surface area contributed by atoms with Crippen LogP contribution in [-0.2, 0) is 0 Å². The number of nitrogens with zero attached hydrogens (tertiary/aromatic N) is 2. The highest BCUT2D eigenvalue weighted by molar-refractivity contribution is 7.21. The average Bonchev–Trinajstić information content (AvgIpc) is 2.75. The Balaban J connectivity index is 2.16. The zero-order chi connectivity index (χ0) is 12.7. The van der Waals surface area contributed by atoms with Crippen molar-refractivity contribution in [3.05, 3.63) is 36.3 Å². The maximum Gasteiger partial charge on any atom is 0.236 e. The van der Waals surface area contributed by atoms with E-state index < -0.39 is 5.95 Å². The number of aromatic hydroxyl groups is 1. The maximum absolute atomic E-state index is 13.3. The fourth-order valence-corrected chi connectivity index (χ4v) is 2.56. The van der Waals surface area contributed by atoms with Crippen LogP contribution in [0.3, 0.4) is 0 Å². The maximum atomic E-state index is 13.3. The Morgan fingerprint density at radius 1 is 1.17 bits per heavy atom. The van der Waals surface area contributed by atoms with E-state index in [1.807, 2.05) is 0 Å². The average molecular weight is 261 g/mol. The molecule has 0 spiro atoms. The van der Waals surface area contributed by atoms with E-state index in [1.165, 1.54) is 17.4 Å². The Morgan fingerprint density at radius 3 is 2.78 bits per heavy atom. The molecule has 0 aliphatic heterocycles. The van der Waals surface area contributed by atoms with Gasteiger partial charge in [-0.05, 0) is 30.3 Å². The van der Waals surface area contributed by atoms with Gasteiger partial charge in [-0.25, -0.2) is 9.97 Å². The Morgan fingerprint density at radius 2 is 2.00 bits per heavy atom. The van der Waals surface area contributed by atoms with E-state index in [0.29, 0.717) is 10.7 Å². The van der Waals surface area contributed by atoms with Crippen molar-refractivity contribution in [2.24, 2.45) is 0 Å². The van der Waals surface area contributed by atoms with E-state index in [9.17, 15) is 9.50 Å². The summed E-state index contributed by atoms with van der Waals surface area (Å²) in [5, 5.41) is 9.97. The van der Waals surface area contributed by atoms with Crippen molar-refractivity contribution in [3.8, 4) is 16.5 Å². The molecule has 0 aliphatic carbocycles. The summed E-state index contributed by atoms with van der Waals surface area (Å²) in [6.07, 6.45) is 0. The predicted octanol–water partition coefficient (Wildman–Crippen LogP) is 2.79. The molecule has 3 aromatic rings. The topological polar surface area (TPSA) is 72.0 Å². The summed E-state index contributed by atoms with van der Waals surface area (Å²) in [7, 11) is 0. The summed E-state index contributed by atoms with van der Waals surface area (Å²) < 4.78 is 14.1. The van der Waals surface area contributed by atoms with Gasteiger partial charge in [-0.2, -0.15) is 4.39 Å². The van der Waals surface area contributed by atoms with Crippen LogP contribution in [-0.4, -0.2) is 15.1 Å². The second-order valence-electron chi connectivity index (χ2n) is 3.75. The van der Waals surface area contributed by atoms with E-state index in [4.69, 9.17) is 5.73 Å². The van der Waals surface area contributed by atoms with Crippen molar-refractivity contribution in [2.75, 3.05) is 5.73 Å². The van der Waals surface area contributed by atoms with Gasteiger partial charge in [-0.15, -0.1) is 11.3 Å². The highest BCUT2D eigenvalue weighted by atomic mass is 32.1. The fraction of sp³-hybridized carbons (Fsp3) is 0. The molecule has 0 atom stereocenters. The summed E-state index contributed by atoms with van der Waals surface area (Å²) in [6, 6.07) is 7.96. The Hall–Kier alpha value is -2.21. The summed E-state index contributed by atoms with van der Waals surface area (Å²) in [5.41, 5.74) is 6.56. The SMILES string of the molecule is Nc1ccc(-c2nc3ccc(O)cc3s2)nc1F. The number of phenols is 1. The lowest BCUT2D eigenvalue weighted by molar-refractivity contribution is 0.476. The molecule has 2 heterocycles. The van der Waals surface area contributed by atoms with Crippen LogP contribution < -0.4 is 5.73 Å². The summed E-state index contributed by atoms with van der Waals surface area (Å²) in [4.78, 5) is 8.09. The summed E-state index contributed by atoms with van der Waals surface area (Å²) in [5.74, 6) is -0.524. The molecule has 3 rings (SSSR count). The molecule has 2 aromatic heterocycles. The number of halogens is 1. The van der Waals surface area contributed by atoms with Crippen molar-refractivity contribution in [1.29, 1.82) is 0 Å². The molecular weight excluding hydrogens is 253 g/mol. The summed E-state index contributed by atoms with van der Waals surface area (Å²) in [6.45, 7) is 0. The quantitative estimate of drug-likeness (QED) is 0.661. The number of aromatic nitrogens is 2. The number of phenolic OH excluding ortho intramolecular Hbond substituents is 1. The van der Waals surface area contributed by atoms with E-state index in [-0.39, 0.29) is 11.4 Å². The first kappa shape index (κ1) is 10.9. The van der Waals surface area contributed by atoms with Crippen LogP contribution in [0, 0.1) is 5.95 Å². The number of anilines is 1.